The highest BCUT2D eigenvalue weighted by atomic mass is 19.1. The second kappa shape index (κ2) is 4.35. The van der Waals surface area contributed by atoms with Gasteiger partial charge in [-0.3, -0.25) is 4.79 Å². The number of nitrogens with one attached hydrogen (secondary N) is 1. The minimum atomic E-state index is -0.343. The van der Waals surface area contributed by atoms with Gasteiger partial charge >= 0.3 is 0 Å². The number of aryl methyl sites for hydroxylation is 1. The number of carbonyl (C=O) groups is 1. The van der Waals surface area contributed by atoms with Crippen molar-refractivity contribution in [1.29, 1.82) is 0 Å². The Balaban J connectivity index is 1.81. The minimum absolute atomic E-state index is 0.0265. The monoisotopic (exact) mass is 248 g/mol. The van der Waals surface area contributed by atoms with E-state index >= 15 is 0 Å². The summed E-state index contributed by atoms with van der Waals surface area (Å²) in [6.07, 6.45) is 0. The van der Waals surface area contributed by atoms with E-state index in [1.165, 1.54) is 12.1 Å². The van der Waals surface area contributed by atoms with Gasteiger partial charge in [0.25, 0.3) is 5.91 Å². The van der Waals surface area contributed by atoms with Crippen LogP contribution in [0.5, 0.6) is 0 Å². The fourth-order valence-corrected chi connectivity index (χ4v) is 3.02. The topological polar surface area (TPSA) is 32.3 Å². The molecule has 2 heterocycles. The highest BCUT2D eigenvalue weighted by Crippen LogP contribution is 2.28. The molecule has 1 N–H and O–H groups in total. The molecule has 2 aliphatic rings. The van der Waals surface area contributed by atoms with E-state index in [-0.39, 0.29) is 11.7 Å². The fourth-order valence-electron chi connectivity index (χ4n) is 3.02. The van der Waals surface area contributed by atoms with Crippen LogP contribution in [-0.2, 0) is 0 Å². The number of rotatable bonds is 1. The number of hydrogen-bond acceptors (Lipinski definition) is 2. The molecule has 0 bridgehead atoms. The lowest BCUT2D eigenvalue weighted by Gasteiger charge is -2.18. The Morgan fingerprint density at radius 1 is 1.33 bits per heavy atom. The Kier molecular flexibility index (Phi) is 2.82. The van der Waals surface area contributed by atoms with E-state index in [9.17, 15) is 9.18 Å². The molecule has 3 rings (SSSR count). The van der Waals surface area contributed by atoms with Gasteiger partial charge in [0.2, 0.25) is 0 Å². The number of likely N-dealkylation sites (tertiary alicyclic amines) is 1. The molecule has 0 aliphatic carbocycles. The molecule has 0 radical (unpaired) electrons. The fraction of sp³-hybridized carbons (Fsp3) is 0.500. The van der Waals surface area contributed by atoms with Gasteiger partial charge in [0, 0.05) is 31.7 Å². The Morgan fingerprint density at radius 2 is 2.00 bits per heavy atom. The van der Waals surface area contributed by atoms with Gasteiger partial charge < -0.3 is 10.2 Å². The van der Waals surface area contributed by atoms with Gasteiger partial charge in [0.15, 0.2) is 0 Å². The third-order valence-corrected chi connectivity index (χ3v) is 4.11. The maximum atomic E-state index is 13.2. The molecule has 1 amide bonds. The smallest absolute Gasteiger partial charge is 0.254 e. The van der Waals surface area contributed by atoms with Gasteiger partial charge in [-0.2, -0.15) is 0 Å². The average molecular weight is 248 g/mol. The van der Waals surface area contributed by atoms with Crippen molar-refractivity contribution >= 4 is 5.91 Å². The van der Waals surface area contributed by atoms with Crippen LogP contribution in [0.1, 0.15) is 15.9 Å². The first-order valence-electron chi connectivity index (χ1n) is 6.41. The summed E-state index contributed by atoms with van der Waals surface area (Å²) in [6.45, 7) is 5.44. The van der Waals surface area contributed by atoms with Gasteiger partial charge in [0.05, 0.1) is 0 Å². The highest BCUT2D eigenvalue weighted by molar-refractivity contribution is 5.95. The predicted molar refractivity (Wildman–Crippen MR) is 66.9 cm³/mol. The zero-order valence-electron chi connectivity index (χ0n) is 10.4. The molecule has 2 saturated heterocycles. The van der Waals surface area contributed by atoms with Crippen molar-refractivity contribution in [3.63, 3.8) is 0 Å². The molecule has 0 aromatic heterocycles. The van der Waals surface area contributed by atoms with Crippen LogP contribution in [0.25, 0.3) is 0 Å². The molecule has 1 aromatic carbocycles. The molecular formula is C14H17FN2O. The lowest BCUT2D eigenvalue weighted by Crippen LogP contribution is -2.32. The summed E-state index contributed by atoms with van der Waals surface area (Å²) in [5.74, 6) is 0.775. The number of hydrogen-bond donors (Lipinski definition) is 1. The summed E-state index contributed by atoms with van der Waals surface area (Å²) >= 11 is 0. The quantitative estimate of drug-likeness (QED) is 0.815. The van der Waals surface area contributed by atoms with E-state index in [1.807, 2.05) is 11.8 Å². The first-order chi connectivity index (χ1) is 8.65. The summed E-state index contributed by atoms with van der Waals surface area (Å²) < 4.78 is 13.2. The van der Waals surface area contributed by atoms with Crippen LogP contribution in [0.3, 0.4) is 0 Å². The zero-order chi connectivity index (χ0) is 12.7. The summed E-state index contributed by atoms with van der Waals surface area (Å²) in [5.41, 5.74) is 1.35. The van der Waals surface area contributed by atoms with Crippen molar-refractivity contribution in [2.45, 2.75) is 6.92 Å². The van der Waals surface area contributed by atoms with E-state index in [1.54, 1.807) is 6.07 Å². The Morgan fingerprint density at radius 3 is 2.67 bits per heavy atom. The van der Waals surface area contributed by atoms with Crippen LogP contribution in [-0.4, -0.2) is 37.0 Å². The molecule has 2 unspecified atom stereocenters. The normalized spacial score (nSPS) is 26.4. The number of amides is 1. The lowest BCUT2D eigenvalue weighted by molar-refractivity contribution is 0.0780. The van der Waals surface area contributed by atoms with Crippen molar-refractivity contribution in [3.8, 4) is 0 Å². The van der Waals surface area contributed by atoms with Crippen molar-refractivity contribution in [2.24, 2.45) is 11.8 Å². The number of carbonyl (C=O) groups excluding carboxylic acids is 1. The third kappa shape index (κ3) is 1.90. The molecular weight excluding hydrogens is 231 g/mol. The third-order valence-electron chi connectivity index (χ3n) is 4.11. The number of benzene rings is 1. The average Bonchev–Trinajstić information content (AvgIpc) is 2.91. The summed E-state index contributed by atoms with van der Waals surface area (Å²) in [6, 6.07) is 4.42. The molecule has 4 heteroatoms. The van der Waals surface area contributed by atoms with Gasteiger partial charge in [-0.25, -0.2) is 4.39 Å². The van der Waals surface area contributed by atoms with Crippen LogP contribution < -0.4 is 5.32 Å². The van der Waals surface area contributed by atoms with Crippen LogP contribution in [0.4, 0.5) is 4.39 Å². The van der Waals surface area contributed by atoms with Crippen molar-refractivity contribution in [3.05, 3.63) is 35.1 Å². The number of nitrogens with zero attached hydrogens (tertiary/aromatic N) is 1. The van der Waals surface area contributed by atoms with Gasteiger partial charge in [0.1, 0.15) is 5.82 Å². The van der Waals surface area contributed by atoms with Crippen LogP contribution in [0.15, 0.2) is 18.2 Å². The van der Waals surface area contributed by atoms with Crippen LogP contribution >= 0.6 is 0 Å². The highest BCUT2D eigenvalue weighted by Gasteiger charge is 2.38. The van der Waals surface area contributed by atoms with Crippen LogP contribution in [0.2, 0.25) is 0 Å². The van der Waals surface area contributed by atoms with Gasteiger partial charge in [-0.1, -0.05) is 6.07 Å². The van der Waals surface area contributed by atoms with E-state index in [4.69, 9.17) is 0 Å². The lowest BCUT2D eigenvalue weighted by atomic mass is 10.0. The zero-order valence-corrected chi connectivity index (χ0v) is 10.4. The second-order valence-corrected chi connectivity index (χ2v) is 5.35. The van der Waals surface area contributed by atoms with E-state index < -0.39 is 0 Å². The molecule has 2 atom stereocenters. The summed E-state index contributed by atoms with van der Waals surface area (Å²) in [7, 11) is 0. The Bertz CT molecular complexity index is 477. The molecule has 3 nitrogen and oxygen atoms in total. The standard InChI is InChI=1S/C14H17FN2O/c1-9-2-3-12(15)4-13(9)14(18)17-7-10-5-16-6-11(10)8-17/h2-4,10-11,16H,5-8H2,1H3. The maximum absolute atomic E-state index is 13.2. The second-order valence-electron chi connectivity index (χ2n) is 5.35. The van der Waals surface area contributed by atoms with Crippen LogP contribution in [0, 0.1) is 24.6 Å². The van der Waals surface area contributed by atoms with Gasteiger partial charge in [-0.15, -0.1) is 0 Å². The first kappa shape index (κ1) is 11.7. The largest absolute Gasteiger partial charge is 0.338 e. The Labute approximate surface area is 106 Å². The van der Waals surface area contributed by atoms with E-state index in [0.29, 0.717) is 17.4 Å². The van der Waals surface area contributed by atoms with E-state index in [0.717, 1.165) is 31.7 Å². The SMILES string of the molecule is Cc1ccc(F)cc1C(=O)N1CC2CNCC2C1. The summed E-state index contributed by atoms with van der Waals surface area (Å²) in [4.78, 5) is 14.3. The number of halogens is 1. The van der Waals surface area contributed by atoms with Gasteiger partial charge in [-0.05, 0) is 36.5 Å². The van der Waals surface area contributed by atoms with E-state index in [2.05, 4.69) is 5.32 Å². The summed E-state index contributed by atoms with van der Waals surface area (Å²) in [5, 5.41) is 3.35. The van der Waals surface area contributed by atoms with Crippen molar-refractivity contribution in [1.82, 2.24) is 10.2 Å². The molecule has 96 valence electrons. The molecule has 2 fully saturated rings. The number of fused-ring (bicyclic) bond motifs is 1. The van der Waals surface area contributed by atoms with Crippen molar-refractivity contribution < 1.29 is 9.18 Å². The molecule has 0 spiro atoms. The Hall–Kier alpha value is -1.42. The predicted octanol–water partition coefficient (Wildman–Crippen LogP) is 1.43. The minimum Gasteiger partial charge on any atom is -0.338 e. The molecule has 18 heavy (non-hydrogen) atoms. The molecule has 2 aliphatic heterocycles. The maximum Gasteiger partial charge on any atom is 0.254 e. The first-order valence-corrected chi connectivity index (χ1v) is 6.41. The van der Waals surface area contributed by atoms with Crippen molar-refractivity contribution in [2.75, 3.05) is 26.2 Å². The molecule has 1 aromatic rings. The molecule has 0 saturated carbocycles.